The third-order valence-electron chi connectivity index (χ3n) is 6.62. The zero-order valence-corrected chi connectivity index (χ0v) is 21.0. The molecule has 170 valence electrons. The van der Waals surface area contributed by atoms with Gasteiger partial charge in [0.15, 0.2) is 5.78 Å². The van der Waals surface area contributed by atoms with Crippen LogP contribution in [0.2, 0.25) is 0 Å². The number of likely N-dealkylation sites (N-methyl/N-ethyl adjacent to an activating group) is 1. The molecule has 1 heterocycles. The smallest absolute Gasteiger partial charge is 0.170 e. The van der Waals surface area contributed by atoms with Gasteiger partial charge in [-0.05, 0) is 91.5 Å². The Morgan fingerprint density at radius 1 is 1.03 bits per heavy atom. The fourth-order valence-electron chi connectivity index (χ4n) is 4.49. The minimum Gasteiger partial charge on any atom is -0.507 e. The summed E-state index contributed by atoms with van der Waals surface area (Å²) < 4.78 is 0. The van der Waals surface area contributed by atoms with Gasteiger partial charge in [-0.3, -0.25) is 4.79 Å². The van der Waals surface area contributed by atoms with E-state index in [1.165, 1.54) is 16.9 Å². The lowest BCUT2D eigenvalue weighted by atomic mass is 9.86. The van der Waals surface area contributed by atoms with E-state index in [4.69, 9.17) is 0 Å². The van der Waals surface area contributed by atoms with Crippen LogP contribution in [0.1, 0.15) is 66.4 Å². The number of ketones is 1. The van der Waals surface area contributed by atoms with Gasteiger partial charge in [-0.15, -0.1) is 11.3 Å². The Hall–Kier alpha value is -2.43. The molecule has 1 N–H and O–H groups in total. The maximum Gasteiger partial charge on any atom is 0.170 e. The summed E-state index contributed by atoms with van der Waals surface area (Å²) in [4.78, 5) is 15.5. The van der Waals surface area contributed by atoms with Gasteiger partial charge in [0.2, 0.25) is 0 Å². The van der Waals surface area contributed by atoms with E-state index in [9.17, 15) is 9.90 Å². The van der Waals surface area contributed by atoms with Crippen molar-refractivity contribution in [2.75, 3.05) is 19.6 Å². The van der Waals surface area contributed by atoms with Gasteiger partial charge in [-0.2, -0.15) is 0 Å². The lowest BCUT2D eigenvalue weighted by Gasteiger charge is -2.25. The van der Waals surface area contributed by atoms with Crippen molar-refractivity contribution in [1.82, 2.24) is 4.90 Å². The number of aromatic hydroxyl groups is 1. The molecule has 0 fully saturated rings. The number of rotatable bonds is 9. The Bertz CT molecular complexity index is 1080. The number of thiophene rings is 1. The molecule has 4 heteroatoms. The molecule has 1 aromatic heterocycles. The predicted molar refractivity (Wildman–Crippen MR) is 137 cm³/mol. The van der Waals surface area contributed by atoms with Crippen molar-refractivity contribution in [2.45, 2.75) is 53.9 Å². The number of Topliss-reactive ketones (excluding diaryl/α,β-unsaturated/α-hetero) is 1. The molecule has 0 saturated carbocycles. The van der Waals surface area contributed by atoms with Crippen LogP contribution < -0.4 is 0 Å². The van der Waals surface area contributed by atoms with Crippen LogP contribution >= 0.6 is 11.3 Å². The molecular weight excluding hydrogens is 414 g/mol. The largest absolute Gasteiger partial charge is 0.507 e. The molecule has 0 aliphatic heterocycles. The zero-order chi connectivity index (χ0) is 23.4. The van der Waals surface area contributed by atoms with Crippen molar-refractivity contribution < 1.29 is 9.90 Å². The van der Waals surface area contributed by atoms with Gasteiger partial charge in [0.05, 0.1) is 4.88 Å². The second kappa shape index (κ2) is 10.5. The lowest BCUT2D eigenvalue weighted by molar-refractivity contribution is 0.102. The van der Waals surface area contributed by atoms with E-state index in [0.29, 0.717) is 5.92 Å². The summed E-state index contributed by atoms with van der Waals surface area (Å²) in [6, 6.07) is 12.5. The summed E-state index contributed by atoms with van der Waals surface area (Å²) in [6.45, 7) is 15.5. The maximum atomic E-state index is 12.3. The minimum atomic E-state index is 0.0545. The first-order chi connectivity index (χ1) is 15.3. The van der Waals surface area contributed by atoms with Gasteiger partial charge >= 0.3 is 0 Å². The second-order valence-electron chi connectivity index (χ2n) is 8.52. The first kappa shape index (κ1) is 24.2. The third-order valence-corrected chi connectivity index (χ3v) is 7.63. The number of aryl methyl sites for hydroxylation is 1. The zero-order valence-electron chi connectivity index (χ0n) is 20.2. The Morgan fingerprint density at radius 2 is 1.69 bits per heavy atom. The highest BCUT2D eigenvalue weighted by Gasteiger charge is 2.22. The van der Waals surface area contributed by atoms with Crippen LogP contribution in [-0.4, -0.2) is 35.4 Å². The molecule has 3 aromatic rings. The van der Waals surface area contributed by atoms with E-state index in [0.717, 1.165) is 64.3 Å². The van der Waals surface area contributed by atoms with Gasteiger partial charge in [0, 0.05) is 17.7 Å². The summed E-state index contributed by atoms with van der Waals surface area (Å²) >= 11 is 1.46. The first-order valence-electron chi connectivity index (χ1n) is 11.6. The van der Waals surface area contributed by atoms with Crippen molar-refractivity contribution in [3.05, 3.63) is 63.3 Å². The summed E-state index contributed by atoms with van der Waals surface area (Å²) in [5.74, 6) is 0.795. The summed E-state index contributed by atoms with van der Waals surface area (Å²) in [6.07, 6.45) is 1.09. The maximum absolute atomic E-state index is 12.3. The molecule has 3 rings (SSSR count). The SMILES string of the molecule is CC[C@@H](CN(CC)CC)c1ccc(-c2c(O)cc(C)c(C)c2-c2ccsc2C(C)=O)cc1. The number of phenols is 1. The molecule has 0 amide bonds. The van der Waals surface area contributed by atoms with Crippen molar-refractivity contribution >= 4 is 17.1 Å². The molecule has 0 radical (unpaired) electrons. The van der Waals surface area contributed by atoms with Crippen LogP contribution in [-0.2, 0) is 0 Å². The fourth-order valence-corrected chi connectivity index (χ4v) is 5.29. The van der Waals surface area contributed by atoms with Crippen LogP contribution in [0.15, 0.2) is 41.8 Å². The van der Waals surface area contributed by atoms with Gasteiger partial charge < -0.3 is 10.0 Å². The van der Waals surface area contributed by atoms with Crippen LogP contribution in [0.25, 0.3) is 22.3 Å². The van der Waals surface area contributed by atoms with E-state index < -0.39 is 0 Å². The van der Waals surface area contributed by atoms with E-state index >= 15 is 0 Å². The molecule has 3 nitrogen and oxygen atoms in total. The van der Waals surface area contributed by atoms with Crippen LogP contribution in [0.5, 0.6) is 5.75 Å². The monoisotopic (exact) mass is 449 g/mol. The Balaban J connectivity index is 2.10. The minimum absolute atomic E-state index is 0.0545. The van der Waals surface area contributed by atoms with Crippen LogP contribution in [0, 0.1) is 13.8 Å². The molecule has 2 aromatic carbocycles. The predicted octanol–water partition coefficient (Wildman–Crippen LogP) is 7.44. The Labute approximate surface area is 196 Å². The van der Waals surface area contributed by atoms with Crippen molar-refractivity contribution in [2.24, 2.45) is 0 Å². The Morgan fingerprint density at radius 3 is 2.25 bits per heavy atom. The summed E-state index contributed by atoms with van der Waals surface area (Å²) in [5.41, 5.74) is 7.08. The number of hydrogen-bond acceptors (Lipinski definition) is 4. The van der Waals surface area contributed by atoms with Crippen LogP contribution in [0.4, 0.5) is 0 Å². The Kier molecular flexibility index (Phi) is 7.91. The molecule has 0 aliphatic carbocycles. The fraction of sp³-hybridized carbons (Fsp3) is 0.393. The highest BCUT2D eigenvalue weighted by Crippen LogP contribution is 2.44. The molecule has 0 aliphatic rings. The number of nitrogens with zero attached hydrogens (tertiary/aromatic N) is 1. The van der Waals surface area contributed by atoms with Gasteiger partial charge in [0.25, 0.3) is 0 Å². The van der Waals surface area contributed by atoms with Gasteiger partial charge in [-0.25, -0.2) is 0 Å². The average molecular weight is 450 g/mol. The molecule has 1 atom stereocenters. The molecule has 0 bridgehead atoms. The lowest BCUT2D eigenvalue weighted by Crippen LogP contribution is -2.28. The second-order valence-corrected chi connectivity index (χ2v) is 9.44. The number of carbonyl (C=O) groups excluding carboxylic acids is 1. The molecule has 0 saturated heterocycles. The van der Waals surface area contributed by atoms with Crippen LogP contribution in [0.3, 0.4) is 0 Å². The molecule has 0 spiro atoms. The van der Waals surface area contributed by atoms with E-state index in [2.05, 4.69) is 56.9 Å². The third kappa shape index (κ3) is 4.82. The number of benzene rings is 2. The van der Waals surface area contributed by atoms with E-state index in [-0.39, 0.29) is 11.5 Å². The van der Waals surface area contributed by atoms with Gasteiger partial charge in [0.1, 0.15) is 5.75 Å². The molecule has 0 unspecified atom stereocenters. The average Bonchev–Trinajstić information content (AvgIpc) is 3.27. The summed E-state index contributed by atoms with van der Waals surface area (Å²) in [5, 5.41) is 13.0. The van der Waals surface area contributed by atoms with Crippen molar-refractivity contribution in [3.8, 4) is 28.0 Å². The van der Waals surface area contributed by atoms with Crippen molar-refractivity contribution in [3.63, 3.8) is 0 Å². The van der Waals surface area contributed by atoms with Gasteiger partial charge in [-0.1, -0.05) is 45.0 Å². The first-order valence-corrected chi connectivity index (χ1v) is 12.4. The summed E-state index contributed by atoms with van der Waals surface area (Å²) in [7, 11) is 0. The number of hydrogen-bond donors (Lipinski definition) is 1. The normalized spacial score (nSPS) is 12.3. The topological polar surface area (TPSA) is 40.5 Å². The van der Waals surface area contributed by atoms with E-state index in [1.54, 1.807) is 6.92 Å². The highest BCUT2D eigenvalue weighted by molar-refractivity contribution is 7.12. The number of carbonyl (C=O) groups is 1. The highest BCUT2D eigenvalue weighted by atomic mass is 32.1. The quantitative estimate of drug-likeness (QED) is 0.345. The standard InChI is InChI=1S/C28H35NO2S/c1-7-21(17-29(8-2)9-3)22-10-12-23(13-11-22)27-25(31)16-18(4)19(5)26(27)24-14-15-32-28(24)20(6)30/h10-16,21,31H,7-9,17H2,1-6H3/t21-/m0/s1. The number of phenolic OH excluding ortho intramolecular Hbond substituents is 1. The molecule has 32 heavy (non-hydrogen) atoms. The molecular formula is C28H35NO2S. The van der Waals surface area contributed by atoms with E-state index in [1.807, 2.05) is 24.4 Å². The van der Waals surface area contributed by atoms with Crippen molar-refractivity contribution in [1.29, 1.82) is 0 Å².